The third kappa shape index (κ3) is 2.27. The molecule has 0 spiro atoms. The fourth-order valence-electron chi connectivity index (χ4n) is 7.49. The highest BCUT2D eigenvalue weighted by Gasteiger charge is 2.68. The molecular weight excluding hydrogens is 347 g/mol. The van der Waals surface area contributed by atoms with Crippen LogP contribution in [0.5, 0.6) is 0 Å². The number of allylic oxidation sites excluding steroid dienone is 4. The Morgan fingerprint density at radius 2 is 2.07 bits per heavy atom. The predicted octanol–water partition coefficient (Wildman–Crippen LogP) is 2.78. The van der Waals surface area contributed by atoms with Crippen molar-refractivity contribution >= 4 is 11.6 Å². The molecule has 4 rings (SSSR count). The van der Waals surface area contributed by atoms with Crippen LogP contribution in [0.2, 0.25) is 0 Å². The van der Waals surface area contributed by atoms with Gasteiger partial charge in [-0.3, -0.25) is 9.59 Å². The number of alkyl halides is 1. The molecule has 4 aliphatic rings. The summed E-state index contributed by atoms with van der Waals surface area (Å²) < 4.78 is 15.2. The fraction of sp³-hybridized carbons (Fsp3) is 0.727. The van der Waals surface area contributed by atoms with Crippen molar-refractivity contribution in [2.75, 3.05) is 6.61 Å². The summed E-state index contributed by atoms with van der Waals surface area (Å²) in [7, 11) is 0. The maximum Gasteiger partial charge on any atom is 0.190 e. The average molecular weight is 376 g/mol. The van der Waals surface area contributed by atoms with Crippen molar-refractivity contribution in [1.29, 1.82) is 0 Å². The van der Waals surface area contributed by atoms with Crippen LogP contribution < -0.4 is 0 Å². The molecule has 0 unspecified atom stereocenters. The van der Waals surface area contributed by atoms with Gasteiger partial charge in [-0.1, -0.05) is 26.8 Å². The van der Waals surface area contributed by atoms with Crippen LogP contribution in [0.1, 0.15) is 46.5 Å². The molecule has 0 aromatic carbocycles. The third-order valence-electron chi connectivity index (χ3n) is 8.54. The Morgan fingerprint density at radius 1 is 1.37 bits per heavy atom. The number of fused-ring (bicyclic) bond motifs is 5. The first-order valence-corrected chi connectivity index (χ1v) is 10.0. The van der Waals surface area contributed by atoms with Crippen LogP contribution in [0, 0.1) is 34.5 Å². The first-order chi connectivity index (χ1) is 12.6. The van der Waals surface area contributed by atoms with Gasteiger partial charge >= 0.3 is 0 Å². The van der Waals surface area contributed by atoms with Gasteiger partial charge in [-0.05, 0) is 67.1 Å². The zero-order chi connectivity index (χ0) is 19.8. The van der Waals surface area contributed by atoms with Crippen LogP contribution in [0.15, 0.2) is 23.8 Å². The van der Waals surface area contributed by atoms with Gasteiger partial charge in [-0.2, -0.15) is 0 Å². The van der Waals surface area contributed by atoms with Crippen molar-refractivity contribution in [2.45, 2.75) is 58.2 Å². The van der Waals surface area contributed by atoms with Crippen molar-refractivity contribution in [2.24, 2.45) is 34.5 Å². The van der Waals surface area contributed by atoms with Crippen LogP contribution in [0.25, 0.3) is 0 Å². The summed E-state index contributed by atoms with van der Waals surface area (Å²) in [5.41, 5.74) is -2.10. The molecule has 8 atom stereocenters. The first-order valence-electron chi connectivity index (χ1n) is 10.0. The topological polar surface area (TPSA) is 74.6 Å². The summed E-state index contributed by atoms with van der Waals surface area (Å²) in [6.07, 6.45) is 5.71. The number of carbonyl (C=O) groups excluding carboxylic acids is 2. The Morgan fingerprint density at radius 3 is 2.74 bits per heavy atom. The molecule has 0 amide bonds. The molecule has 5 heteroatoms. The molecule has 3 saturated carbocycles. The number of carbonyl (C=O) groups is 2. The molecule has 2 N–H and O–H groups in total. The van der Waals surface area contributed by atoms with Crippen molar-refractivity contribution in [3.8, 4) is 0 Å². The first kappa shape index (κ1) is 19.0. The van der Waals surface area contributed by atoms with Gasteiger partial charge < -0.3 is 10.2 Å². The summed E-state index contributed by atoms with van der Waals surface area (Å²) in [4.78, 5) is 24.3. The Bertz CT molecular complexity index is 757. The lowest BCUT2D eigenvalue weighted by Gasteiger charge is -2.60. The van der Waals surface area contributed by atoms with Gasteiger partial charge in [0.25, 0.3) is 0 Å². The van der Waals surface area contributed by atoms with E-state index in [9.17, 15) is 19.8 Å². The molecular formula is C22H29FO4. The highest BCUT2D eigenvalue weighted by molar-refractivity contribution is 6.01. The molecule has 0 aliphatic heterocycles. The van der Waals surface area contributed by atoms with Crippen molar-refractivity contribution < 1.29 is 24.2 Å². The van der Waals surface area contributed by atoms with E-state index >= 15 is 4.39 Å². The zero-order valence-electron chi connectivity index (χ0n) is 16.2. The molecule has 4 nitrogen and oxygen atoms in total. The lowest BCUT2D eigenvalue weighted by atomic mass is 9.44. The molecule has 27 heavy (non-hydrogen) atoms. The SMILES string of the molecule is C[C@H]1C[C@@]2(C)[C@@H](CC[C@]2(O)C(=O)CO)[C@@H]2C[C@H](F)C3=CC(=O)C=C[C@]3(C)[C@@H]21. The summed E-state index contributed by atoms with van der Waals surface area (Å²) >= 11 is 0. The van der Waals surface area contributed by atoms with E-state index in [-0.39, 0.29) is 29.5 Å². The zero-order valence-corrected chi connectivity index (χ0v) is 16.2. The predicted molar refractivity (Wildman–Crippen MR) is 98.5 cm³/mol. The van der Waals surface area contributed by atoms with E-state index in [0.717, 1.165) is 0 Å². The summed E-state index contributed by atoms with van der Waals surface area (Å²) in [5, 5.41) is 20.7. The van der Waals surface area contributed by atoms with E-state index in [0.29, 0.717) is 31.3 Å². The maximum atomic E-state index is 15.2. The summed E-state index contributed by atoms with van der Waals surface area (Å²) in [6.45, 7) is 5.44. The summed E-state index contributed by atoms with van der Waals surface area (Å²) in [5.74, 6) is -0.270. The number of aliphatic hydroxyl groups is 2. The normalized spacial score (nSPS) is 51.3. The lowest BCUT2D eigenvalue weighted by Crippen LogP contribution is -2.60. The molecule has 0 aromatic rings. The highest BCUT2D eigenvalue weighted by Crippen LogP contribution is 2.68. The Labute approximate surface area is 159 Å². The number of Topliss-reactive ketones (excluding diaryl/α,β-unsaturated/α-hetero) is 1. The number of halogens is 1. The van der Waals surface area contributed by atoms with Gasteiger partial charge in [0, 0.05) is 10.8 Å². The maximum absolute atomic E-state index is 15.2. The number of rotatable bonds is 2. The molecule has 3 fully saturated rings. The minimum absolute atomic E-state index is 0.0295. The number of hydrogen-bond donors (Lipinski definition) is 2. The van der Waals surface area contributed by atoms with E-state index < -0.39 is 35.0 Å². The van der Waals surface area contributed by atoms with Crippen LogP contribution in [0.3, 0.4) is 0 Å². The van der Waals surface area contributed by atoms with E-state index in [1.807, 2.05) is 19.9 Å². The van der Waals surface area contributed by atoms with Crippen molar-refractivity contribution in [3.63, 3.8) is 0 Å². The minimum Gasteiger partial charge on any atom is -0.388 e. The van der Waals surface area contributed by atoms with Gasteiger partial charge in [0.2, 0.25) is 0 Å². The average Bonchev–Trinajstić information content (AvgIpc) is 2.87. The summed E-state index contributed by atoms with van der Waals surface area (Å²) in [6, 6.07) is 0. The van der Waals surface area contributed by atoms with E-state index in [1.54, 1.807) is 6.08 Å². The molecule has 4 aliphatic carbocycles. The van der Waals surface area contributed by atoms with Crippen LogP contribution in [0.4, 0.5) is 4.39 Å². The monoisotopic (exact) mass is 376 g/mol. The molecule has 148 valence electrons. The molecule has 0 radical (unpaired) electrons. The van der Waals surface area contributed by atoms with Gasteiger partial charge in [0.15, 0.2) is 11.6 Å². The second-order valence-corrected chi connectivity index (χ2v) is 9.70. The van der Waals surface area contributed by atoms with Crippen molar-refractivity contribution in [1.82, 2.24) is 0 Å². The smallest absolute Gasteiger partial charge is 0.190 e. The third-order valence-corrected chi connectivity index (χ3v) is 8.54. The standard InChI is InChI=1S/C22H29FO4/c1-12-10-21(3)15(5-7-22(21,27)18(26)11-24)14-9-17(23)16-8-13(25)4-6-20(16,2)19(12)14/h4,6,8,12,14-15,17,19,24,27H,5,7,9-11H2,1-3H3/t12-,14-,15-,17-,19+,20-,21-,22-/m0/s1. The quantitative estimate of drug-likeness (QED) is 0.777. The van der Waals surface area contributed by atoms with Crippen molar-refractivity contribution in [3.05, 3.63) is 23.8 Å². The number of aliphatic hydroxyl groups excluding tert-OH is 1. The second kappa shape index (κ2) is 5.84. The van der Waals surface area contributed by atoms with E-state index in [4.69, 9.17) is 0 Å². The Balaban J connectivity index is 1.78. The highest BCUT2D eigenvalue weighted by atomic mass is 19.1. The van der Waals surface area contributed by atoms with E-state index in [2.05, 4.69) is 6.92 Å². The number of hydrogen-bond acceptors (Lipinski definition) is 4. The lowest BCUT2D eigenvalue weighted by molar-refractivity contribution is -0.170. The second-order valence-electron chi connectivity index (χ2n) is 9.70. The Hall–Kier alpha value is -1.33. The van der Waals surface area contributed by atoms with Gasteiger partial charge in [-0.25, -0.2) is 4.39 Å². The molecule has 0 aromatic heterocycles. The van der Waals surface area contributed by atoms with Gasteiger partial charge in [-0.15, -0.1) is 0 Å². The van der Waals surface area contributed by atoms with Gasteiger partial charge in [0.1, 0.15) is 18.4 Å². The molecule has 0 bridgehead atoms. The molecule has 0 saturated heterocycles. The molecule has 0 heterocycles. The van der Waals surface area contributed by atoms with Crippen LogP contribution in [-0.2, 0) is 9.59 Å². The van der Waals surface area contributed by atoms with Crippen LogP contribution >= 0.6 is 0 Å². The Kier molecular flexibility index (Phi) is 4.11. The van der Waals surface area contributed by atoms with Crippen LogP contribution in [-0.4, -0.2) is 40.2 Å². The fourth-order valence-corrected chi connectivity index (χ4v) is 7.49. The number of ketones is 2. The van der Waals surface area contributed by atoms with E-state index in [1.165, 1.54) is 6.08 Å². The largest absolute Gasteiger partial charge is 0.388 e. The van der Waals surface area contributed by atoms with Gasteiger partial charge in [0.05, 0.1) is 0 Å². The minimum atomic E-state index is -1.53.